The molecule has 1 heterocycles. The molecule has 4 nitrogen and oxygen atoms in total. The lowest BCUT2D eigenvalue weighted by Gasteiger charge is -2.09. The van der Waals surface area contributed by atoms with E-state index in [1.165, 1.54) is 0 Å². The number of aromatic nitrogens is 2. The zero-order chi connectivity index (χ0) is 12.0. The van der Waals surface area contributed by atoms with Gasteiger partial charge in [-0.2, -0.15) is 0 Å². The molecule has 0 bridgehead atoms. The molecule has 0 spiro atoms. The standard InChI is InChI=1S/C12H17N3O/c1-4-5-6-13-11-12(16)15(8-7-14-11)9-10(2)3/h7-8,10H,6,9H2,1-3H3,(H,13,14). The predicted octanol–water partition coefficient (Wildman–Crippen LogP) is 1.33. The smallest absolute Gasteiger partial charge is 0.293 e. The highest BCUT2D eigenvalue weighted by atomic mass is 16.1. The van der Waals surface area contributed by atoms with Crippen LogP contribution in [0, 0.1) is 17.8 Å². The molecule has 0 unspecified atom stereocenters. The summed E-state index contributed by atoms with van der Waals surface area (Å²) < 4.78 is 1.67. The molecule has 4 heteroatoms. The lowest BCUT2D eigenvalue weighted by Crippen LogP contribution is -2.26. The van der Waals surface area contributed by atoms with Crippen LogP contribution in [-0.2, 0) is 6.54 Å². The molecule has 1 aromatic rings. The van der Waals surface area contributed by atoms with Crippen LogP contribution in [0.15, 0.2) is 17.2 Å². The fourth-order valence-electron chi connectivity index (χ4n) is 1.32. The van der Waals surface area contributed by atoms with Crippen LogP contribution in [0.5, 0.6) is 0 Å². The normalized spacial score (nSPS) is 9.75. The zero-order valence-corrected chi connectivity index (χ0v) is 9.95. The number of anilines is 1. The maximum Gasteiger partial charge on any atom is 0.293 e. The third-order valence-electron chi connectivity index (χ3n) is 2.00. The van der Waals surface area contributed by atoms with Crippen molar-refractivity contribution in [3.63, 3.8) is 0 Å². The van der Waals surface area contributed by atoms with Crippen molar-refractivity contribution in [2.45, 2.75) is 27.3 Å². The monoisotopic (exact) mass is 219 g/mol. The fourth-order valence-corrected chi connectivity index (χ4v) is 1.32. The minimum absolute atomic E-state index is 0.0888. The molecule has 16 heavy (non-hydrogen) atoms. The molecule has 0 aliphatic rings. The molecule has 0 atom stereocenters. The SMILES string of the molecule is CC#CCNc1nccn(CC(C)C)c1=O. The second-order valence-electron chi connectivity index (χ2n) is 3.91. The first-order valence-corrected chi connectivity index (χ1v) is 5.34. The van der Waals surface area contributed by atoms with E-state index in [0.717, 1.165) is 0 Å². The molecule has 0 radical (unpaired) electrons. The molecule has 0 aromatic carbocycles. The molecule has 0 fully saturated rings. The summed E-state index contributed by atoms with van der Waals surface area (Å²) in [6.07, 6.45) is 3.34. The minimum atomic E-state index is -0.0888. The Morgan fingerprint density at radius 2 is 2.31 bits per heavy atom. The van der Waals surface area contributed by atoms with Crippen LogP contribution < -0.4 is 10.9 Å². The number of hydrogen-bond acceptors (Lipinski definition) is 3. The Morgan fingerprint density at radius 3 is 2.94 bits per heavy atom. The summed E-state index contributed by atoms with van der Waals surface area (Å²) in [7, 11) is 0. The van der Waals surface area contributed by atoms with Crippen LogP contribution >= 0.6 is 0 Å². The van der Waals surface area contributed by atoms with E-state index >= 15 is 0 Å². The van der Waals surface area contributed by atoms with Crippen molar-refractivity contribution in [2.75, 3.05) is 11.9 Å². The third-order valence-corrected chi connectivity index (χ3v) is 2.00. The maximum atomic E-state index is 11.9. The van der Waals surface area contributed by atoms with Gasteiger partial charge in [0, 0.05) is 18.9 Å². The number of hydrogen-bond donors (Lipinski definition) is 1. The van der Waals surface area contributed by atoms with Crippen molar-refractivity contribution in [1.82, 2.24) is 9.55 Å². The Labute approximate surface area is 95.7 Å². The largest absolute Gasteiger partial charge is 0.355 e. The van der Waals surface area contributed by atoms with Crippen molar-refractivity contribution in [3.8, 4) is 11.8 Å². The molecule has 1 N–H and O–H groups in total. The van der Waals surface area contributed by atoms with E-state index < -0.39 is 0 Å². The average Bonchev–Trinajstić information content (AvgIpc) is 2.23. The van der Waals surface area contributed by atoms with Gasteiger partial charge in [-0.1, -0.05) is 19.8 Å². The first-order valence-electron chi connectivity index (χ1n) is 5.34. The highest BCUT2D eigenvalue weighted by Crippen LogP contribution is 1.98. The summed E-state index contributed by atoms with van der Waals surface area (Å²) in [5.41, 5.74) is -0.0888. The number of nitrogens with zero attached hydrogens (tertiary/aromatic N) is 2. The van der Waals surface area contributed by atoms with Gasteiger partial charge in [0.15, 0.2) is 5.82 Å². The van der Waals surface area contributed by atoms with Gasteiger partial charge in [0.1, 0.15) is 0 Å². The van der Waals surface area contributed by atoms with Crippen molar-refractivity contribution in [2.24, 2.45) is 5.92 Å². The van der Waals surface area contributed by atoms with E-state index in [2.05, 4.69) is 36.0 Å². The quantitative estimate of drug-likeness (QED) is 0.777. The van der Waals surface area contributed by atoms with E-state index in [4.69, 9.17) is 0 Å². The van der Waals surface area contributed by atoms with E-state index in [1.54, 1.807) is 23.9 Å². The summed E-state index contributed by atoms with van der Waals surface area (Å²) in [6.45, 7) is 7.06. The Bertz CT molecular complexity index is 451. The topological polar surface area (TPSA) is 46.9 Å². The van der Waals surface area contributed by atoms with Crippen LogP contribution in [0.25, 0.3) is 0 Å². The van der Waals surface area contributed by atoms with Gasteiger partial charge in [-0.25, -0.2) is 4.98 Å². The van der Waals surface area contributed by atoms with E-state index in [1.807, 2.05) is 0 Å². The molecule has 0 saturated carbocycles. The highest BCUT2D eigenvalue weighted by Gasteiger charge is 2.04. The van der Waals surface area contributed by atoms with Crippen LogP contribution in [0.1, 0.15) is 20.8 Å². The van der Waals surface area contributed by atoms with Crippen molar-refractivity contribution in [1.29, 1.82) is 0 Å². The summed E-state index contributed by atoms with van der Waals surface area (Å²) in [6, 6.07) is 0. The van der Waals surface area contributed by atoms with Crippen molar-refractivity contribution < 1.29 is 0 Å². The van der Waals surface area contributed by atoms with Gasteiger partial charge in [0.2, 0.25) is 0 Å². The van der Waals surface area contributed by atoms with Crippen molar-refractivity contribution in [3.05, 3.63) is 22.7 Å². The molecule has 1 rings (SSSR count). The second-order valence-corrected chi connectivity index (χ2v) is 3.91. The van der Waals surface area contributed by atoms with Crippen molar-refractivity contribution >= 4 is 5.82 Å². The van der Waals surface area contributed by atoms with E-state index in [9.17, 15) is 4.79 Å². The Hall–Kier alpha value is -1.76. The second kappa shape index (κ2) is 5.96. The van der Waals surface area contributed by atoms with Crippen LogP contribution in [0.4, 0.5) is 5.82 Å². The van der Waals surface area contributed by atoms with Gasteiger partial charge in [-0.05, 0) is 12.8 Å². The molecule has 86 valence electrons. The Balaban J connectivity index is 2.85. The Morgan fingerprint density at radius 1 is 1.56 bits per heavy atom. The third kappa shape index (κ3) is 3.43. The molecular weight excluding hydrogens is 202 g/mol. The molecule has 1 aromatic heterocycles. The van der Waals surface area contributed by atoms with Gasteiger partial charge < -0.3 is 9.88 Å². The molecule has 0 amide bonds. The van der Waals surface area contributed by atoms with Crippen LogP contribution in [0.2, 0.25) is 0 Å². The summed E-state index contributed by atoms with van der Waals surface area (Å²) in [5, 5.41) is 2.91. The summed E-state index contributed by atoms with van der Waals surface area (Å²) >= 11 is 0. The average molecular weight is 219 g/mol. The molecule has 0 aliphatic carbocycles. The molecule has 0 saturated heterocycles. The van der Waals surface area contributed by atoms with Gasteiger partial charge in [0.25, 0.3) is 5.56 Å². The Kier molecular flexibility index (Phi) is 4.59. The first kappa shape index (κ1) is 12.3. The lowest BCUT2D eigenvalue weighted by atomic mass is 10.2. The number of rotatable bonds is 4. The van der Waals surface area contributed by atoms with E-state index in [-0.39, 0.29) is 5.56 Å². The van der Waals surface area contributed by atoms with Crippen LogP contribution in [-0.4, -0.2) is 16.1 Å². The summed E-state index contributed by atoms with van der Waals surface area (Å²) in [4.78, 5) is 15.9. The first-order chi connectivity index (χ1) is 7.65. The van der Waals surface area contributed by atoms with E-state index in [0.29, 0.717) is 24.8 Å². The highest BCUT2D eigenvalue weighted by molar-refractivity contribution is 5.32. The number of nitrogens with one attached hydrogen (secondary N) is 1. The molecular formula is C12H17N3O. The zero-order valence-electron chi connectivity index (χ0n) is 9.95. The lowest BCUT2D eigenvalue weighted by molar-refractivity contribution is 0.510. The van der Waals surface area contributed by atoms with Gasteiger partial charge in [0.05, 0.1) is 6.54 Å². The predicted molar refractivity (Wildman–Crippen MR) is 65.3 cm³/mol. The van der Waals surface area contributed by atoms with Gasteiger partial charge >= 0.3 is 0 Å². The minimum Gasteiger partial charge on any atom is -0.355 e. The molecule has 0 aliphatic heterocycles. The van der Waals surface area contributed by atoms with Gasteiger partial charge in [-0.3, -0.25) is 4.79 Å². The summed E-state index contributed by atoms with van der Waals surface area (Å²) in [5.74, 6) is 6.39. The van der Waals surface area contributed by atoms with Gasteiger partial charge in [-0.15, -0.1) is 5.92 Å². The fraction of sp³-hybridized carbons (Fsp3) is 0.500. The maximum absolute atomic E-state index is 11.9. The van der Waals surface area contributed by atoms with Crippen LogP contribution in [0.3, 0.4) is 0 Å².